The van der Waals surface area contributed by atoms with Crippen molar-refractivity contribution in [1.29, 1.82) is 0 Å². The second-order valence-corrected chi connectivity index (χ2v) is 7.16. The summed E-state index contributed by atoms with van der Waals surface area (Å²) in [6.45, 7) is 0.136. The summed E-state index contributed by atoms with van der Waals surface area (Å²) in [4.78, 5) is 27.6. The van der Waals surface area contributed by atoms with Crippen LogP contribution in [0, 0.1) is 0 Å². The van der Waals surface area contributed by atoms with Crippen molar-refractivity contribution in [1.82, 2.24) is 9.38 Å². The third-order valence-corrected chi connectivity index (χ3v) is 4.59. The van der Waals surface area contributed by atoms with Gasteiger partial charge in [-0.25, -0.2) is 4.98 Å². The maximum absolute atomic E-state index is 12.3. The summed E-state index contributed by atoms with van der Waals surface area (Å²) in [6, 6.07) is 19.9. The number of nitrogens with two attached hydrogens (primary N) is 1. The first-order valence-corrected chi connectivity index (χ1v) is 10.2. The Morgan fingerprint density at radius 3 is 2.64 bits per heavy atom. The van der Waals surface area contributed by atoms with Gasteiger partial charge in [-0.3, -0.25) is 9.59 Å². The first-order chi connectivity index (χ1) is 16.0. The van der Waals surface area contributed by atoms with Crippen LogP contribution in [-0.4, -0.2) is 27.8 Å². The van der Waals surface area contributed by atoms with Crippen LogP contribution in [0.5, 0.6) is 11.5 Å². The monoisotopic (exact) mass is 442 g/mol. The molecule has 0 fully saturated rings. The van der Waals surface area contributed by atoms with E-state index in [0.717, 1.165) is 16.9 Å². The Balaban J connectivity index is 1.31. The highest BCUT2D eigenvalue weighted by molar-refractivity contribution is 6.02. The van der Waals surface area contributed by atoms with Crippen LogP contribution in [-0.2, 0) is 16.2 Å². The molecule has 0 aliphatic rings. The van der Waals surface area contributed by atoms with E-state index in [9.17, 15) is 9.59 Å². The minimum atomic E-state index is -0.541. The molecule has 4 aromatic rings. The Labute approximate surface area is 190 Å². The predicted octanol–water partition coefficient (Wildman–Crippen LogP) is 3.43. The molecule has 0 saturated heterocycles. The number of benzene rings is 2. The van der Waals surface area contributed by atoms with E-state index in [1.54, 1.807) is 42.5 Å². The summed E-state index contributed by atoms with van der Waals surface area (Å²) >= 11 is 0. The third kappa shape index (κ3) is 6.20. The molecule has 0 saturated carbocycles. The van der Waals surface area contributed by atoms with Crippen LogP contribution < -0.4 is 20.5 Å². The van der Waals surface area contributed by atoms with Gasteiger partial charge in [0, 0.05) is 30.2 Å². The molecule has 0 aliphatic heterocycles. The van der Waals surface area contributed by atoms with Crippen molar-refractivity contribution in [2.75, 3.05) is 11.9 Å². The van der Waals surface area contributed by atoms with Gasteiger partial charge in [0.1, 0.15) is 23.8 Å². The molecule has 2 heterocycles. The molecule has 4 rings (SSSR count). The Hall–Kier alpha value is -4.59. The fraction of sp³-hybridized carbons (Fsp3) is 0.0800. The number of carbonyl (C=O) groups excluding carboxylic acids is 2. The highest BCUT2D eigenvalue weighted by atomic mass is 16.5. The highest BCUT2D eigenvalue weighted by Crippen LogP contribution is 2.19. The minimum absolute atomic E-state index is 0.181. The van der Waals surface area contributed by atoms with Crippen LogP contribution in [0.1, 0.15) is 11.3 Å². The second kappa shape index (κ2) is 10.1. The quantitative estimate of drug-likeness (QED) is 0.386. The van der Waals surface area contributed by atoms with E-state index in [2.05, 4.69) is 10.3 Å². The molecule has 0 aliphatic carbocycles. The average Bonchev–Trinajstić information content (AvgIpc) is 3.24. The van der Waals surface area contributed by atoms with Gasteiger partial charge in [-0.05, 0) is 48.0 Å². The number of hydrogen-bond donors (Lipinski definition) is 2. The Morgan fingerprint density at radius 2 is 1.85 bits per heavy atom. The van der Waals surface area contributed by atoms with Crippen molar-refractivity contribution in [3.8, 4) is 11.5 Å². The van der Waals surface area contributed by atoms with E-state index in [1.165, 1.54) is 6.08 Å². The number of amides is 2. The minimum Gasteiger partial charge on any atom is -0.487 e. The van der Waals surface area contributed by atoms with Gasteiger partial charge in [-0.15, -0.1) is 0 Å². The number of anilines is 1. The smallest absolute Gasteiger partial charge is 0.255 e. The van der Waals surface area contributed by atoms with Crippen LogP contribution in [0.4, 0.5) is 5.69 Å². The number of nitrogens with zero attached hydrogens (tertiary/aromatic N) is 2. The van der Waals surface area contributed by atoms with Crippen molar-refractivity contribution in [3.05, 3.63) is 96.5 Å². The van der Waals surface area contributed by atoms with Gasteiger partial charge in [0.05, 0.1) is 5.69 Å². The van der Waals surface area contributed by atoms with Gasteiger partial charge in [-0.1, -0.05) is 24.3 Å². The number of pyridine rings is 1. The van der Waals surface area contributed by atoms with Crippen molar-refractivity contribution in [2.45, 2.75) is 6.61 Å². The lowest BCUT2D eigenvalue weighted by Crippen LogP contribution is -2.19. The van der Waals surface area contributed by atoms with Crippen LogP contribution in [0.15, 0.2) is 85.2 Å². The summed E-state index contributed by atoms with van der Waals surface area (Å²) in [5.41, 5.74) is 8.14. The Bertz CT molecular complexity index is 1260. The summed E-state index contributed by atoms with van der Waals surface area (Å²) < 4.78 is 13.0. The lowest BCUT2D eigenvalue weighted by molar-refractivity contribution is -0.120. The van der Waals surface area contributed by atoms with Gasteiger partial charge >= 0.3 is 0 Å². The molecule has 2 aromatic carbocycles. The molecule has 8 nitrogen and oxygen atoms in total. The lowest BCUT2D eigenvalue weighted by atomic mass is 10.2. The van der Waals surface area contributed by atoms with Crippen molar-refractivity contribution >= 4 is 29.2 Å². The number of nitrogens with one attached hydrogen (secondary N) is 1. The molecule has 0 spiro atoms. The number of carbonyl (C=O) groups is 2. The molecule has 3 N–H and O–H groups in total. The van der Waals surface area contributed by atoms with Crippen molar-refractivity contribution < 1.29 is 19.1 Å². The number of aromatic nitrogens is 2. The van der Waals surface area contributed by atoms with E-state index in [4.69, 9.17) is 15.2 Å². The van der Waals surface area contributed by atoms with Gasteiger partial charge in [0.15, 0.2) is 6.61 Å². The molecule has 0 atom stereocenters. The zero-order chi connectivity index (χ0) is 23.0. The fourth-order valence-corrected chi connectivity index (χ4v) is 3.06. The number of primary amides is 1. The maximum atomic E-state index is 12.3. The second-order valence-electron chi connectivity index (χ2n) is 7.16. The van der Waals surface area contributed by atoms with Crippen molar-refractivity contribution in [3.63, 3.8) is 0 Å². The van der Waals surface area contributed by atoms with Crippen molar-refractivity contribution in [2.24, 2.45) is 5.73 Å². The molecular weight excluding hydrogens is 420 g/mol. The number of imidazole rings is 1. The van der Waals surface area contributed by atoms with E-state index < -0.39 is 5.91 Å². The van der Waals surface area contributed by atoms with Crippen LogP contribution in [0.3, 0.4) is 0 Å². The zero-order valence-corrected chi connectivity index (χ0v) is 17.7. The SMILES string of the molecule is NC(=O)COc1ccc(/C=C/C(=O)Nc2cccc(OCc3cn4ccccc4n3)c2)cc1. The van der Waals surface area contributed by atoms with Gasteiger partial charge in [-0.2, -0.15) is 0 Å². The molecule has 33 heavy (non-hydrogen) atoms. The number of rotatable bonds is 9. The standard InChI is InChI=1S/C25H22N4O4/c26-23(30)17-33-21-10-7-18(8-11-21)9-12-25(31)28-19-4-3-5-22(14-19)32-16-20-15-29-13-2-1-6-24(29)27-20/h1-15H,16-17H2,(H2,26,30)(H,28,31)/b12-9+. The molecule has 8 heteroatoms. The van der Waals surface area contributed by atoms with E-state index in [-0.39, 0.29) is 12.5 Å². The van der Waals surface area contributed by atoms with Gasteiger partial charge in [0.2, 0.25) is 5.91 Å². The molecule has 2 amide bonds. The summed E-state index contributed by atoms with van der Waals surface area (Å²) in [6.07, 6.45) is 6.96. The van der Waals surface area contributed by atoms with Crippen LogP contribution in [0.2, 0.25) is 0 Å². The molecule has 0 radical (unpaired) electrons. The first-order valence-electron chi connectivity index (χ1n) is 10.2. The average molecular weight is 442 g/mol. The van der Waals surface area contributed by atoms with E-state index >= 15 is 0 Å². The number of hydrogen-bond acceptors (Lipinski definition) is 5. The molecule has 166 valence electrons. The maximum Gasteiger partial charge on any atom is 0.255 e. The van der Waals surface area contributed by atoms with Gasteiger partial charge < -0.3 is 24.9 Å². The summed E-state index contributed by atoms with van der Waals surface area (Å²) in [7, 11) is 0. The molecule has 0 unspecified atom stereocenters. The Kier molecular flexibility index (Phi) is 6.65. The Morgan fingerprint density at radius 1 is 1.00 bits per heavy atom. The van der Waals surface area contributed by atoms with E-state index in [0.29, 0.717) is 23.8 Å². The largest absolute Gasteiger partial charge is 0.487 e. The highest BCUT2D eigenvalue weighted by Gasteiger charge is 2.04. The summed E-state index contributed by atoms with van der Waals surface area (Å²) in [5, 5.41) is 2.81. The molecular formula is C25H22N4O4. The lowest BCUT2D eigenvalue weighted by Gasteiger charge is -2.07. The predicted molar refractivity (Wildman–Crippen MR) is 125 cm³/mol. The number of ether oxygens (including phenoxy) is 2. The molecule has 2 aromatic heterocycles. The zero-order valence-electron chi connectivity index (χ0n) is 17.7. The van der Waals surface area contributed by atoms with Crippen LogP contribution in [0.25, 0.3) is 11.7 Å². The number of fused-ring (bicyclic) bond motifs is 1. The normalized spacial score (nSPS) is 10.9. The fourth-order valence-electron chi connectivity index (χ4n) is 3.06. The first kappa shape index (κ1) is 21.6. The molecule has 0 bridgehead atoms. The van der Waals surface area contributed by atoms with Gasteiger partial charge in [0.25, 0.3) is 5.91 Å². The van der Waals surface area contributed by atoms with E-state index in [1.807, 2.05) is 47.1 Å². The van der Waals surface area contributed by atoms with Crippen LogP contribution >= 0.6 is 0 Å². The topological polar surface area (TPSA) is 108 Å². The summed E-state index contributed by atoms with van der Waals surface area (Å²) in [5.74, 6) is 0.332. The third-order valence-electron chi connectivity index (χ3n) is 4.59.